The topological polar surface area (TPSA) is 105 Å². The van der Waals surface area contributed by atoms with Crippen LogP contribution < -0.4 is 4.74 Å². The summed E-state index contributed by atoms with van der Waals surface area (Å²) in [5.74, 6) is -1.76. The van der Waals surface area contributed by atoms with Gasteiger partial charge in [0.2, 0.25) is 5.91 Å². The van der Waals surface area contributed by atoms with Crippen LogP contribution in [0.5, 0.6) is 5.75 Å². The molecular formula is C35H35BrN4O5. The molecule has 3 aliphatic rings. The highest BCUT2D eigenvalue weighted by Crippen LogP contribution is 2.44. The summed E-state index contributed by atoms with van der Waals surface area (Å²) in [6.45, 7) is 1.48. The van der Waals surface area contributed by atoms with Crippen molar-refractivity contribution in [3.05, 3.63) is 93.2 Å². The van der Waals surface area contributed by atoms with E-state index in [2.05, 4.69) is 20.9 Å². The number of imidazole rings is 1. The van der Waals surface area contributed by atoms with Gasteiger partial charge in [0.15, 0.2) is 0 Å². The minimum absolute atomic E-state index is 0.0627. The molecule has 1 fully saturated rings. The van der Waals surface area contributed by atoms with Gasteiger partial charge < -0.3 is 24.2 Å². The molecule has 10 heteroatoms. The fourth-order valence-corrected chi connectivity index (χ4v) is 7.94. The molecule has 3 atom stereocenters. The molecule has 0 radical (unpaired) electrons. The first-order valence-corrected chi connectivity index (χ1v) is 16.3. The number of carbonyl (C=O) groups is 3. The van der Waals surface area contributed by atoms with Crippen molar-refractivity contribution in [3.63, 3.8) is 0 Å². The van der Waals surface area contributed by atoms with Crippen LogP contribution in [-0.2, 0) is 36.2 Å². The minimum Gasteiger partial charge on any atom is -0.489 e. The number of halogens is 1. The SMILES string of the molecule is Cn1cnc2cc(COc3ccc(Br)c4c3C(CN3Cc5ccccc5C3=O)N(C(=O)C3CCCCC3C(=O)O)CC4)ccc21. The van der Waals surface area contributed by atoms with Gasteiger partial charge in [-0.2, -0.15) is 0 Å². The smallest absolute Gasteiger partial charge is 0.307 e. The molecule has 0 saturated heterocycles. The molecule has 0 bridgehead atoms. The number of hydrogen-bond donors (Lipinski definition) is 1. The first-order valence-electron chi connectivity index (χ1n) is 15.5. The molecule has 1 aromatic heterocycles. The second-order valence-corrected chi connectivity index (χ2v) is 13.2. The highest BCUT2D eigenvalue weighted by molar-refractivity contribution is 9.10. The molecule has 0 spiro atoms. The van der Waals surface area contributed by atoms with Crippen molar-refractivity contribution in [2.24, 2.45) is 18.9 Å². The molecule has 2 amide bonds. The van der Waals surface area contributed by atoms with Crippen LogP contribution in [0.2, 0.25) is 0 Å². The van der Waals surface area contributed by atoms with E-state index in [4.69, 9.17) is 4.74 Å². The van der Waals surface area contributed by atoms with Crippen molar-refractivity contribution < 1.29 is 24.2 Å². The van der Waals surface area contributed by atoms with Crippen LogP contribution in [0.25, 0.3) is 11.0 Å². The monoisotopic (exact) mass is 670 g/mol. The third kappa shape index (κ3) is 5.39. The van der Waals surface area contributed by atoms with Crippen LogP contribution in [-0.4, -0.2) is 55.3 Å². The number of carboxylic acids is 1. The number of carbonyl (C=O) groups excluding carboxylic acids is 2. The molecule has 7 rings (SSSR count). The van der Waals surface area contributed by atoms with Crippen LogP contribution in [0.3, 0.4) is 0 Å². The number of aromatic nitrogens is 2. The lowest BCUT2D eigenvalue weighted by atomic mass is 9.77. The Bertz CT molecular complexity index is 1820. The lowest BCUT2D eigenvalue weighted by molar-refractivity contribution is -0.153. The van der Waals surface area contributed by atoms with Crippen LogP contribution in [0.4, 0.5) is 0 Å². The lowest BCUT2D eigenvalue weighted by Crippen LogP contribution is -2.50. The van der Waals surface area contributed by atoms with Crippen LogP contribution >= 0.6 is 15.9 Å². The molecule has 3 aromatic carbocycles. The van der Waals surface area contributed by atoms with Gasteiger partial charge in [-0.15, -0.1) is 0 Å². The second-order valence-electron chi connectivity index (χ2n) is 12.4. The van der Waals surface area contributed by atoms with Crippen LogP contribution in [0, 0.1) is 11.8 Å². The van der Waals surface area contributed by atoms with E-state index in [1.807, 2.05) is 71.1 Å². The average molecular weight is 672 g/mol. The summed E-state index contributed by atoms with van der Waals surface area (Å²) in [5.41, 5.74) is 6.45. The molecule has 1 N–H and O–H groups in total. The molecule has 3 heterocycles. The van der Waals surface area contributed by atoms with E-state index < -0.39 is 23.8 Å². The Morgan fingerprint density at radius 3 is 2.67 bits per heavy atom. The zero-order valence-corrected chi connectivity index (χ0v) is 26.7. The van der Waals surface area contributed by atoms with E-state index in [1.165, 1.54) is 0 Å². The molecule has 2 aliphatic heterocycles. The fraction of sp³-hybridized carbons (Fsp3) is 0.371. The van der Waals surface area contributed by atoms with E-state index in [0.29, 0.717) is 50.3 Å². The normalized spacial score (nSPS) is 21.1. The molecule has 1 saturated carbocycles. The predicted octanol–water partition coefficient (Wildman–Crippen LogP) is 5.89. The van der Waals surface area contributed by atoms with Crippen molar-refractivity contribution in [3.8, 4) is 5.75 Å². The van der Waals surface area contributed by atoms with Crippen molar-refractivity contribution in [2.45, 2.75) is 51.3 Å². The Labute approximate surface area is 269 Å². The molecule has 232 valence electrons. The Kier molecular flexibility index (Phi) is 7.85. The van der Waals surface area contributed by atoms with E-state index in [0.717, 1.165) is 50.6 Å². The van der Waals surface area contributed by atoms with Crippen molar-refractivity contribution in [2.75, 3.05) is 13.1 Å². The summed E-state index contributed by atoms with van der Waals surface area (Å²) in [7, 11) is 1.96. The molecule has 9 nitrogen and oxygen atoms in total. The zero-order valence-electron chi connectivity index (χ0n) is 25.1. The summed E-state index contributed by atoms with van der Waals surface area (Å²) in [5, 5.41) is 10.0. The summed E-state index contributed by atoms with van der Waals surface area (Å²) in [6, 6.07) is 17.1. The van der Waals surface area contributed by atoms with Gasteiger partial charge in [0.1, 0.15) is 12.4 Å². The quantitative estimate of drug-likeness (QED) is 0.263. The number of aliphatic carboxylic acids is 1. The number of carboxylic acid groups (broad SMARTS) is 1. The number of fused-ring (bicyclic) bond motifs is 3. The predicted molar refractivity (Wildman–Crippen MR) is 172 cm³/mol. The van der Waals surface area contributed by atoms with Crippen LogP contribution in [0.1, 0.15) is 64.3 Å². The number of aryl methyl sites for hydroxylation is 1. The third-order valence-corrected chi connectivity index (χ3v) is 10.5. The maximum atomic E-state index is 14.4. The van der Waals surface area contributed by atoms with Gasteiger partial charge in [-0.1, -0.05) is 53.0 Å². The Morgan fingerprint density at radius 2 is 1.87 bits per heavy atom. The maximum Gasteiger partial charge on any atom is 0.307 e. The van der Waals surface area contributed by atoms with E-state index in [1.54, 1.807) is 11.2 Å². The van der Waals surface area contributed by atoms with Crippen molar-refractivity contribution in [1.82, 2.24) is 19.4 Å². The molecular weight excluding hydrogens is 636 g/mol. The van der Waals surface area contributed by atoms with Gasteiger partial charge in [-0.05, 0) is 66.3 Å². The van der Waals surface area contributed by atoms with E-state index >= 15 is 0 Å². The first-order chi connectivity index (χ1) is 21.8. The molecule has 45 heavy (non-hydrogen) atoms. The summed E-state index contributed by atoms with van der Waals surface area (Å²) >= 11 is 3.75. The maximum absolute atomic E-state index is 14.4. The van der Waals surface area contributed by atoms with Crippen LogP contribution in [0.15, 0.2) is 65.4 Å². The summed E-state index contributed by atoms with van der Waals surface area (Å²) in [4.78, 5) is 48.3. The fourth-order valence-electron chi connectivity index (χ4n) is 7.40. The zero-order chi connectivity index (χ0) is 31.2. The largest absolute Gasteiger partial charge is 0.489 e. The number of hydrogen-bond acceptors (Lipinski definition) is 5. The van der Waals surface area contributed by atoms with Gasteiger partial charge in [0.05, 0.1) is 35.2 Å². The highest BCUT2D eigenvalue weighted by atomic mass is 79.9. The first kappa shape index (κ1) is 29.5. The van der Waals surface area contributed by atoms with Crippen molar-refractivity contribution >= 4 is 44.7 Å². The van der Waals surface area contributed by atoms with E-state index in [-0.39, 0.29) is 18.4 Å². The number of amides is 2. The highest BCUT2D eigenvalue weighted by Gasteiger charge is 2.44. The number of rotatable bonds is 7. The number of nitrogens with zero attached hydrogens (tertiary/aromatic N) is 4. The molecule has 1 aliphatic carbocycles. The second kappa shape index (κ2) is 12.0. The Balaban J connectivity index is 1.25. The summed E-state index contributed by atoms with van der Waals surface area (Å²) < 4.78 is 9.42. The lowest BCUT2D eigenvalue weighted by Gasteiger charge is -2.43. The van der Waals surface area contributed by atoms with Gasteiger partial charge in [-0.25, -0.2) is 4.98 Å². The molecule has 4 aromatic rings. The van der Waals surface area contributed by atoms with Gasteiger partial charge in [-0.3, -0.25) is 14.4 Å². The molecule has 3 unspecified atom stereocenters. The van der Waals surface area contributed by atoms with Gasteiger partial charge >= 0.3 is 5.97 Å². The summed E-state index contributed by atoms with van der Waals surface area (Å²) in [6.07, 6.45) is 5.07. The number of benzene rings is 3. The number of ether oxygens (including phenoxy) is 1. The standard InChI is InChI=1S/C35H35BrN4O5/c1-38-20-37-28-16-21(10-12-29(28)38)19-45-31-13-11-27(36)26-14-15-40(34(42)24-8-4-5-9-25(24)35(43)44)30(32(26)31)18-39-17-22-6-2-3-7-23(22)33(39)41/h2-3,6-7,10-13,16,20,24-25,30H,4-5,8-9,14-15,17-19H2,1H3,(H,43,44). The van der Waals surface area contributed by atoms with Gasteiger partial charge in [0.25, 0.3) is 5.91 Å². The Hall–Kier alpha value is -4.18. The minimum atomic E-state index is -0.913. The Morgan fingerprint density at radius 1 is 1.07 bits per heavy atom. The van der Waals surface area contributed by atoms with Crippen molar-refractivity contribution in [1.29, 1.82) is 0 Å². The van der Waals surface area contributed by atoms with Gasteiger partial charge in [0, 0.05) is 42.3 Å². The average Bonchev–Trinajstić information content (AvgIpc) is 3.58. The third-order valence-electron chi connectivity index (χ3n) is 9.73. The van der Waals surface area contributed by atoms with E-state index in [9.17, 15) is 19.5 Å².